The van der Waals surface area contributed by atoms with Crippen LogP contribution in [0.15, 0.2) is 36.4 Å². The van der Waals surface area contributed by atoms with Crippen molar-refractivity contribution in [3.8, 4) is 11.3 Å². The van der Waals surface area contributed by atoms with E-state index in [-0.39, 0.29) is 0 Å². The second kappa shape index (κ2) is 5.46. The van der Waals surface area contributed by atoms with Crippen molar-refractivity contribution in [2.75, 3.05) is 30.8 Å². The monoisotopic (exact) mass is 269 g/mol. The zero-order chi connectivity index (χ0) is 13.9. The van der Waals surface area contributed by atoms with E-state index in [9.17, 15) is 0 Å². The highest BCUT2D eigenvalue weighted by Gasteiger charge is 2.22. The Morgan fingerprint density at radius 1 is 1.25 bits per heavy atom. The highest BCUT2D eigenvalue weighted by molar-refractivity contribution is 5.64. The van der Waals surface area contributed by atoms with Gasteiger partial charge >= 0.3 is 0 Å². The lowest BCUT2D eigenvalue weighted by Gasteiger charge is -2.18. The fourth-order valence-electron chi connectivity index (χ4n) is 2.58. The molecule has 1 saturated heterocycles. The molecule has 20 heavy (non-hydrogen) atoms. The van der Waals surface area contributed by atoms with Gasteiger partial charge in [0.15, 0.2) is 0 Å². The van der Waals surface area contributed by atoms with E-state index in [1.54, 1.807) is 0 Å². The average Bonchev–Trinajstić information content (AvgIpc) is 2.96. The normalized spacial score (nSPS) is 18.4. The molecule has 3 rings (SSSR count). The topological polar surface area (TPSA) is 67.1 Å². The molecule has 1 aromatic heterocycles. The number of nitrogens with two attached hydrogens (primary N) is 1. The largest absolute Gasteiger partial charge is 0.368 e. The lowest BCUT2D eigenvalue weighted by molar-refractivity contribution is 0.616. The van der Waals surface area contributed by atoms with Gasteiger partial charge in [0, 0.05) is 30.8 Å². The summed E-state index contributed by atoms with van der Waals surface area (Å²) in [5, 5.41) is 3.31. The van der Waals surface area contributed by atoms with Crippen molar-refractivity contribution in [2.24, 2.45) is 0 Å². The van der Waals surface area contributed by atoms with E-state index in [0.29, 0.717) is 12.0 Å². The molecule has 0 spiro atoms. The minimum Gasteiger partial charge on any atom is -0.368 e. The average molecular weight is 269 g/mol. The summed E-state index contributed by atoms with van der Waals surface area (Å²) in [5.74, 6) is 1.24. The van der Waals surface area contributed by atoms with Crippen LogP contribution in [0.2, 0.25) is 0 Å². The third kappa shape index (κ3) is 2.58. The molecule has 104 valence electrons. The fraction of sp³-hybridized carbons (Fsp3) is 0.333. The van der Waals surface area contributed by atoms with Crippen LogP contribution in [0.3, 0.4) is 0 Å². The van der Waals surface area contributed by atoms with Crippen molar-refractivity contribution in [1.82, 2.24) is 15.3 Å². The minimum atomic E-state index is 0.328. The minimum absolute atomic E-state index is 0.328. The van der Waals surface area contributed by atoms with Crippen LogP contribution in [-0.4, -0.2) is 36.1 Å². The number of nitrogens with one attached hydrogen (secondary N) is 1. The molecule has 5 heteroatoms. The highest BCUT2D eigenvalue weighted by atomic mass is 15.2. The Balaban J connectivity index is 1.92. The standard InChI is InChI=1S/C15H19N5/c1-17-12-7-8-20(10-12)14-9-13(18-15(16)19-14)11-5-3-2-4-6-11/h2-6,9,12,17H,7-8,10H2,1H3,(H2,16,18,19). The Morgan fingerprint density at radius 2 is 2.05 bits per heavy atom. The first kappa shape index (κ1) is 12.9. The van der Waals surface area contributed by atoms with Gasteiger partial charge in [0.05, 0.1) is 5.69 Å². The van der Waals surface area contributed by atoms with Crippen molar-refractivity contribution < 1.29 is 0 Å². The predicted molar refractivity (Wildman–Crippen MR) is 81.6 cm³/mol. The number of hydrogen-bond donors (Lipinski definition) is 2. The lowest BCUT2D eigenvalue weighted by Crippen LogP contribution is -2.30. The molecule has 0 radical (unpaired) electrons. The molecule has 1 atom stereocenters. The van der Waals surface area contributed by atoms with Crippen LogP contribution >= 0.6 is 0 Å². The summed E-state index contributed by atoms with van der Waals surface area (Å²) in [4.78, 5) is 11.0. The number of aromatic nitrogens is 2. The third-order valence-electron chi connectivity index (χ3n) is 3.72. The van der Waals surface area contributed by atoms with Gasteiger partial charge < -0.3 is 16.0 Å². The van der Waals surface area contributed by atoms with Gasteiger partial charge in [-0.15, -0.1) is 0 Å². The summed E-state index contributed by atoms with van der Waals surface area (Å²) in [6.45, 7) is 1.96. The number of benzene rings is 1. The number of hydrogen-bond acceptors (Lipinski definition) is 5. The molecule has 5 nitrogen and oxygen atoms in total. The SMILES string of the molecule is CNC1CCN(c2cc(-c3ccccc3)nc(N)n2)C1. The second-order valence-electron chi connectivity index (χ2n) is 5.06. The molecule has 1 fully saturated rings. The molecule has 0 bridgehead atoms. The van der Waals surface area contributed by atoms with E-state index < -0.39 is 0 Å². The summed E-state index contributed by atoms with van der Waals surface area (Å²) < 4.78 is 0. The maximum Gasteiger partial charge on any atom is 0.222 e. The van der Waals surface area contributed by atoms with Gasteiger partial charge in [-0.2, -0.15) is 4.98 Å². The quantitative estimate of drug-likeness (QED) is 0.884. The van der Waals surface area contributed by atoms with E-state index in [0.717, 1.165) is 36.6 Å². The fourth-order valence-corrected chi connectivity index (χ4v) is 2.58. The van der Waals surface area contributed by atoms with Crippen molar-refractivity contribution >= 4 is 11.8 Å². The van der Waals surface area contributed by atoms with Crippen molar-refractivity contribution in [3.05, 3.63) is 36.4 Å². The van der Waals surface area contributed by atoms with Crippen molar-refractivity contribution in [2.45, 2.75) is 12.5 Å². The molecule has 0 aliphatic carbocycles. The molecule has 1 aromatic carbocycles. The lowest BCUT2D eigenvalue weighted by atomic mass is 10.1. The summed E-state index contributed by atoms with van der Waals surface area (Å²) in [6, 6.07) is 12.6. The number of anilines is 2. The molecule has 0 saturated carbocycles. The van der Waals surface area contributed by atoms with Gasteiger partial charge in [0.25, 0.3) is 0 Å². The first-order chi connectivity index (χ1) is 9.76. The molecule has 0 amide bonds. The van der Waals surface area contributed by atoms with Crippen molar-refractivity contribution in [3.63, 3.8) is 0 Å². The molecule has 1 aliphatic rings. The van der Waals surface area contributed by atoms with Crippen molar-refractivity contribution in [1.29, 1.82) is 0 Å². The molecular formula is C15H19N5. The van der Waals surface area contributed by atoms with Gasteiger partial charge in [-0.3, -0.25) is 0 Å². The summed E-state index contributed by atoms with van der Waals surface area (Å²) in [5.41, 5.74) is 7.81. The first-order valence-electron chi connectivity index (χ1n) is 6.88. The number of nitrogen functional groups attached to an aromatic ring is 1. The Hall–Kier alpha value is -2.14. The van der Waals surface area contributed by atoms with Crippen LogP contribution < -0.4 is 16.0 Å². The smallest absolute Gasteiger partial charge is 0.222 e. The molecule has 2 heterocycles. The van der Waals surface area contributed by atoms with Gasteiger partial charge in [0.1, 0.15) is 5.82 Å². The zero-order valence-corrected chi connectivity index (χ0v) is 11.6. The number of likely N-dealkylation sites (N-methyl/N-ethyl adjacent to an activating group) is 1. The van der Waals surface area contributed by atoms with Crippen LogP contribution in [-0.2, 0) is 0 Å². The van der Waals surface area contributed by atoms with E-state index in [1.807, 2.05) is 43.4 Å². The predicted octanol–water partition coefficient (Wildman–Crippen LogP) is 1.52. The summed E-state index contributed by atoms with van der Waals surface area (Å²) >= 11 is 0. The molecule has 3 N–H and O–H groups in total. The van der Waals surface area contributed by atoms with E-state index in [1.165, 1.54) is 0 Å². The maximum atomic E-state index is 5.87. The Morgan fingerprint density at radius 3 is 2.75 bits per heavy atom. The van der Waals surface area contributed by atoms with Crippen LogP contribution in [0.5, 0.6) is 0 Å². The summed E-state index contributed by atoms with van der Waals surface area (Å²) in [7, 11) is 2.00. The molecule has 2 aromatic rings. The van der Waals surface area contributed by atoms with Gasteiger partial charge in [-0.25, -0.2) is 4.98 Å². The van der Waals surface area contributed by atoms with Gasteiger partial charge in [-0.1, -0.05) is 30.3 Å². The van der Waals surface area contributed by atoms with Gasteiger partial charge in [0.2, 0.25) is 5.95 Å². The Bertz CT molecular complexity index is 584. The highest BCUT2D eigenvalue weighted by Crippen LogP contribution is 2.24. The van der Waals surface area contributed by atoms with E-state index >= 15 is 0 Å². The van der Waals surface area contributed by atoms with Crippen LogP contribution in [0.4, 0.5) is 11.8 Å². The van der Waals surface area contributed by atoms with Crippen LogP contribution in [0.1, 0.15) is 6.42 Å². The van der Waals surface area contributed by atoms with Crippen LogP contribution in [0.25, 0.3) is 11.3 Å². The molecule has 1 aliphatic heterocycles. The Labute approximate surface area is 118 Å². The third-order valence-corrected chi connectivity index (χ3v) is 3.72. The maximum absolute atomic E-state index is 5.87. The van der Waals surface area contributed by atoms with Gasteiger partial charge in [-0.05, 0) is 13.5 Å². The van der Waals surface area contributed by atoms with E-state index in [4.69, 9.17) is 5.73 Å². The Kier molecular flexibility index (Phi) is 3.52. The second-order valence-corrected chi connectivity index (χ2v) is 5.06. The van der Waals surface area contributed by atoms with E-state index in [2.05, 4.69) is 20.2 Å². The number of rotatable bonds is 3. The van der Waals surface area contributed by atoms with Crippen LogP contribution in [0, 0.1) is 0 Å². The first-order valence-corrected chi connectivity index (χ1v) is 6.88. The molecular weight excluding hydrogens is 250 g/mol. The zero-order valence-electron chi connectivity index (χ0n) is 11.6. The number of nitrogens with zero attached hydrogens (tertiary/aromatic N) is 3. The summed E-state index contributed by atoms with van der Waals surface area (Å²) in [6.07, 6.45) is 1.13. The molecule has 1 unspecified atom stereocenters.